The molecular weight excluding hydrogens is 302 g/mol. The minimum Gasteiger partial charge on any atom is -0.297 e. The molecule has 23 heavy (non-hydrogen) atoms. The van der Waals surface area contributed by atoms with E-state index in [2.05, 4.69) is 38.3 Å². The van der Waals surface area contributed by atoms with Crippen LogP contribution in [-0.2, 0) is 0 Å². The third kappa shape index (κ3) is 15.3. The zero-order valence-electron chi connectivity index (χ0n) is 16.3. The van der Waals surface area contributed by atoms with E-state index in [9.17, 15) is 0 Å². The summed E-state index contributed by atoms with van der Waals surface area (Å²) in [6.45, 7) is 13.1. The summed E-state index contributed by atoms with van der Waals surface area (Å²) >= 11 is 0. The molecule has 0 saturated heterocycles. The lowest BCUT2D eigenvalue weighted by molar-refractivity contribution is 0.239. The van der Waals surface area contributed by atoms with Gasteiger partial charge in [0.25, 0.3) is 0 Å². The van der Waals surface area contributed by atoms with Gasteiger partial charge in [0.2, 0.25) is 0 Å². The van der Waals surface area contributed by atoms with E-state index >= 15 is 0 Å². The highest BCUT2D eigenvalue weighted by Crippen LogP contribution is 2.14. The first-order valence-electron chi connectivity index (χ1n) is 10.2. The van der Waals surface area contributed by atoms with Crippen molar-refractivity contribution in [3.05, 3.63) is 12.7 Å². The van der Waals surface area contributed by atoms with Gasteiger partial charge < -0.3 is 0 Å². The third-order valence-electron chi connectivity index (χ3n) is 4.91. The maximum atomic E-state index is 4.01. The molecule has 2 heteroatoms. The fourth-order valence-corrected chi connectivity index (χ4v) is 3.34. The van der Waals surface area contributed by atoms with Crippen molar-refractivity contribution >= 4 is 12.4 Å². The predicted octanol–water partition coefficient (Wildman–Crippen LogP) is 7.40. The van der Waals surface area contributed by atoms with E-state index in [0.29, 0.717) is 6.04 Å². The summed E-state index contributed by atoms with van der Waals surface area (Å²) in [5.74, 6) is 0. The molecule has 1 atom stereocenters. The van der Waals surface area contributed by atoms with Crippen molar-refractivity contribution in [3.8, 4) is 0 Å². The van der Waals surface area contributed by atoms with Crippen LogP contribution in [0.15, 0.2) is 12.7 Å². The molecule has 0 N–H and O–H groups in total. The van der Waals surface area contributed by atoms with Crippen molar-refractivity contribution in [1.82, 2.24) is 4.90 Å². The Bertz CT molecular complexity index is 226. The van der Waals surface area contributed by atoms with E-state index in [1.54, 1.807) is 0 Å². The van der Waals surface area contributed by atoms with Gasteiger partial charge in [-0.15, -0.1) is 19.0 Å². The Hall–Kier alpha value is -0.0100. The largest absolute Gasteiger partial charge is 0.297 e. The summed E-state index contributed by atoms with van der Waals surface area (Å²) in [5, 5.41) is 0. The lowest BCUT2D eigenvalue weighted by Gasteiger charge is -2.26. The summed E-state index contributed by atoms with van der Waals surface area (Å²) < 4.78 is 0. The molecule has 0 amide bonds. The highest BCUT2D eigenvalue weighted by atomic mass is 35.5. The molecule has 0 aliphatic heterocycles. The van der Waals surface area contributed by atoms with Crippen molar-refractivity contribution in [2.24, 2.45) is 0 Å². The van der Waals surface area contributed by atoms with Crippen LogP contribution in [0.1, 0.15) is 104 Å². The molecular formula is C21H44ClN. The molecule has 0 aromatic rings. The van der Waals surface area contributed by atoms with Crippen molar-refractivity contribution in [2.75, 3.05) is 13.1 Å². The van der Waals surface area contributed by atoms with Gasteiger partial charge in [-0.25, -0.2) is 0 Å². The van der Waals surface area contributed by atoms with Crippen molar-refractivity contribution in [3.63, 3.8) is 0 Å². The molecule has 1 nitrogen and oxygen atoms in total. The minimum absolute atomic E-state index is 0. The van der Waals surface area contributed by atoms with Crippen LogP contribution >= 0.6 is 12.4 Å². The van der Waals surface area contributed by atoms with Gasteiger partial charge in [0.15, 0.2) is 0 Å². The first-order chi connectivity index (χ1) is 10.8. The second-order valence-electron chi connectivity index (χ2n) is 6.70. The fourth-order valence-electron chi connectivity index (χ4n) is 3.34. The zero-order valence-corrected chi connectivity index (χ0v) is 17.1. The number of rotatable bonds is 17. The molecule has 0 aromatic carbocycles. The van der Waals surface area contributed by atoms with Gasteiger partial charge in [0.1, 0.15) is 0 Å². The molecule has 0 aromatic heterocycles. The Morgan fingerprint density at radius 1 is 0.696 bits per heavy atom. The van der Waals surface area contributed by atoms with Crippen molar-refractivity contribution < 1.29 is 0 Å². The average molecular weight is 346 g/mol. The van der Waals surface area contributed by atoms with Crippen LogP contribution in [0.5, 0.6) is 0 Å². The van der Waals surface area contributed by atoms with Crippen LogP contribution in [0.4, 0.5) is 0 Å². The SMILES string of the molecule is C=CC(CCCCCCCCCCCCCC)N(CC)CC.Cl. The van der Waals surface area contributed by atoms with Gasteiger partial charge in [-0.05, 0) is 19.5 Å². The van der Waals surface area contributed by atoms with E-state index < -0.39 is 0 Å². The van der Waals surface area contributed by atoms with Crippen molar-refractivity contribution in [1.29, 1.82) is 0 Å². The highest BCUT2D eigenvalue weighted by molar-refractivity contribution is 5.85. The molecule has 1 unspecified atom stereocenters. The van der Waals surface area contributed by atoms with Crippen molar-refractivity contribution in [2.45, 2.75) is 110 Å². The lowest BCUT2D eigenvalue weighted by Crippen LogP contribution is -2.33. The molecule has 0 bridgehead atoms. The normalized spacial score (nSPS) is 12.2. The predicted molar refractivity (Wildman–Crippen MR) is 110 cm³/mol. The van der Waals surface area contributed by atoms with E-state index in [4.69, 9.17) is 0 Å². The smallest absolute Gasteiger partial charge is 0.0275 e. The fraction of sp³-hybridized carbons (Fsp3) is 0.905. The van der Waals surface area contributed by atoms with Gasteiger partial charge in [0, 0.05) is 6.04 Å². The van der Waals surface area contributed by atoms with E-state index in [-0.39, 0.29) is 12.4 Å². The van der Waals surface area contributed by atoms with Gasteiger partial charge >= 0.3 is 0 Å². The van der Waals surface area contributed by atoms with E-state index in [1.807, 2.05) is 0 Å². The molecule has 0 saturated carbocycles. The second kappa shape index (κ2) is 20.0. The number of hydrogen-bond donors (Lipinski definition) is 0. The monoisotopic (exact) mass is 345 g/mol. The summed E-state index contributed by atoms with van der Waals surface area (Å²) in [6, 6.07) is 0.595. The second-order valence-corrected chi connectivity index (χ2v) is 6.70. The summed E-state index contributed by atoms with van der Waals surface area (Å²) in [7, 11) is 0. The highest BCUT2D eigenvalue weighted by Gasteiger charge is 2.10. The number of likely N-dealkylation sites (N-methyl/N-ethyl adjacent to an activating group) is 1. The molecule has 140 valence electrons. The Kier molecular flexibility index (Phi) is 22.0. The van der Waals surface area contributed by atoms with Crippen LogP contribution in [0, 0.1) is 0 Å². The van der Waals surface area contributed by atoms with Crippen LogP contribution in [0.3, 0.4) is 0 Å². The lowest BCUT2D eigenvalue weighted by atomic mass is 10.0. The maximum Gasteiger partial charge on any atom is 0.0275 e. The number of unbranched alkanes of at least 4 members (excludes halogenated alkanes) is 11. The Labute approximate surface area is 153 Å². The van der Waals surface area contributed by atoms with E-state index in [1.165, 1.54) is 83.5 Å². The van der Waals surface area contributed by atoms with Gasteiger partial charge in [-0.1, -0.05) is 104 Å². The number of hydrogen-bond acceptors (Lipinski definition) is 1. The van der Waals surface area contributed by atoms with Gasteiger partial charge in [0.05, 0.1) is 0 Å². The van der Waals surface area contributed by atoms with Crippen LogP contribution in [0.25, 0.3) is 0 Å². The third-order valence-corrected chi connectivity index (χ3v) is 4.91. The molecule has 0 spiro atoms. The first-order valence-corrected chi connectivity index (χ1v) is 10.2. The van der Waals surface area contributed by atoms with E-state index in [0.717, 1.165) is 13.1 Å². The summed E-state index contributed by atoms with van der Waals surface area (Å²) in [4.78, 5) is 2.52. The molecule has 0 aliphatic rings. The van der Waals surface area contributed by atoms with Gasteiger partial charge in [-0.2, -0.15) is 0 Å². The minimum atomic E-state index is 0. The number of nitrogens with zero attached hydrogens (tertiary/aromatic N) is 1. The average Bonchev–Trinajstić information content (AvgIpc) is 2.55. The molecule has 0 radical (unpaired) electrons. The Morgan fingerprint density at radius 2 is 1.09 bits per heavy atom. The molecule has 0 heterocycles. The summed E-state index contributed by atoms with van der Waals surface area (Å²) in [6.07, 6.45) is 20.6. The van der Waals surface area contributed by atoms with Gasteiger partial charge in [-0.3, -0.25) is 4.90 Å². The number of halogens is 1. The van der Waals surface area contributed by atoms with Crippen LogP contribution in [-0.4, -0.2) is 24.0 Å². The van der Waals surface area contributed by atoms with Crippen LogP contribution < -0.4 is 0 Å². The molecule has 0 fully saturated rings. The topological polar surface area (TPSA) is 3.24 Å². The zero-order chi connectivity index (χ0) is 16.5. The Morgan fingerprint density at radius 3 is 1.43 bits per heavy atom. The Balaban J connectivity index is 0. The first kappa shape index (κ1) is 25.2. The molecule has 0 aliphatic carbocycles. The summed E-state index contributed by atoms with van der Waals surface area (Å²) in [5.41, 5.74) is 0. The quantitative estimate of drug-likeness (QED) is 0.196. The standard InChI is InChI=1S/C21H43N.ClH/c1-5-9-10-11-12-13-14-15-16-17-18-19-20-21(6-2)22(7-3)8-4;/h6,21H,2,5,7-20H2,1,3-4H3;1H. The maximum absolute atomic E-state index is 4.01. The van der Waals surface area contributed by atoms with Crippen LogP contribution in [0.2, 0.25) is 0 Å². The molecule has 0 rings (SSSR count).